The molecule has 118 valence electrons. The van der Waals surface area contributed by atoms with E-state index in [4.69, 9.17) is 5.73 Å². The molecule has 0 saturated heterocycles. The number of nitrogens with zero attached hydrogens (tertiary/aromatic N) is 2. The lowest BCUT2D eigenvalue weighted by Gasteiger charge is -2.20. The van der Waals surface area contributed by atoms with Crippen LogP contribution in [0.15, 0.2) is 0 Å². The molecular formula is C16H39N3. The highest BCUT2D eigenvalue weighted by molar-refractivity contribution is 4.57. The van der Waals surface area contributed by atoms with Crippen LogP contribution in [0.4, 0.5) is 0 Å². The highest BCUT2D eigenvalue weighted by Gasteiger charge is 2.00. The Hall–Kier alpha value is -0.120. The van der Waals surface area contributed by atoms with Gasteiger partial charge in [-0.2, -0.15) is 0 Å². The second-order valence-electron chi connectivity index (χ2n) is 5.99. The van der Waals surface area contributed by atoms with Crippen molar-refractivity contribution in [2.75, 3.05) is 46.8 Å². The van der Waals surface area contributed by atoms with Crippen molar-refractivity contribution in [3.05, 3.63) is 0 Å². The third-order valence-electron chi connectivity index (χ3n) is 2.78. The minimum atomic E-state index is 0.801. The Morgan fingerprint density at radius 2 is 1.47 bits per heavy atom. The zero-order chi connectivity index (χ0) is 15.1. The predicted molar refractivity (Wildman–Crippen MR) is 88.7 cm³/mol. The van der Waals surface area contributed by atoms with Crippen molar-refractivity contribution < 1.29 is 0 Å². The normalized spacial score (nSPS) is 11.1. The van der Waals surface area contributed by atoms with E-state index in [0.29, 0.717) is 0 Å². The third-order valence-corrected chi connectivity index (χ3v) is 2.78. The van der Waals surface area contributed by atoms with Gasteiger partial charge in [-0.1, -0.05) is 34.1 Å². The molecule has 0 amide bonds. The largest absolute Gasteiger partial charge is 0.330 e. The van der Waals surface area contributed by atoms with Crippen LogP contribution < -0.4 is 5.73 Å². The van der Waals surface area contributed by atoms with Gasteiger partial charge in [0.2, 0.25) is 0 Å². The van der Waals surface area contributed by atoms with Crippen molar-refractivity contribution in [3.8, 4) is 0 Å². The quantitative estimate of drug-likeness (QED) is 0.664. The highest BCUT2D eigenvalue weighted by Crippen LogP contribution is 1.97. The molecule has 0 atom stereocenters. The maximum atomic E-state index is 5.47. The molecule has 3 nitrogen and oxygen atoms in total. The summed E-state index contributed by atoms with van der Waals surface area (Å²) in [5.74, 6) is 0.801. The molecule has 2 N–H and O–H groups in total. The minimum Gasteiger partial charge on any atom is -0.330 e. The van der Waals surface area contributed by atoms with Crippen molar-refractivity contribution in [1.82, 2.24) is 9.80 Å². The average Bonchev–Trinajstić information content (AvgIpc) is 2.31. The molecule has 0 bridgehead atoms. The van der Waals surface area contributed by atoms with Crippen LogP contribution in [0.3, 0.4) is 0 Å². The van der Waals surface area contributed by atoms with E-state index in [1.807, 2.05) is 0 Å². The lowest BCUT2D eigenvalue weighted by Crippen LogP contribution is -2.28. The summed E-state index contributed by atoms with van der Waals surface area (Å²) in [6, 6.07) is 0. The summed E-state index contributed by atoms with van der Waals surface area (Å²) in [4.78, 5) is 4.72. The molecule has 0 rings (SSSR count). The van der Waals surface area contributed by atoms with Crippen LogP contribution in [0.25, 0.3) is 0 Å². The first kappa shape index (κ1) is 21.2. The first-order valence-electron chi connectivity index (χ1n) is 8.04. The second-order valence-corrected chi connectivity index (χ2v) is 5.99. The maximum absolute atomic E-state index is 5.47. The summed E-state index contributed by atoms with van der Waals surface area (Å²) in [5.41, 5.74) is 5.47. The zero-order valence-electron chi connectivity index (χ0n) is 14.4. The van der Waals surface area contributed by atoms with Crippen LogP contribution >= 0.6 is 0 Å². The number of hydrogen-bond acceptors (Lipinski definition) is 3. The van der Waals surface area contributed by atoms with Crippen LogP contribution in [0.2, 0.25) is 0 Å². The molecule has 0 heterocycles. The van der Waals surface area contributed by atoms with Gasteiger partial charge in [0, 0.05) is 0 Å². The zero-order valence-corrected chi connectivity index (χ0v) is 14.4. The Kier molecular flexibility index (Phi) is 17.8. The summed E-state index contributed by atoms with van der Waals surface area (Å²) in [7, 11) is 4.19. The molecule has 0 aliphatic carbocycles. The van der Waals surface area contributed by atoms with Crippen molar-refractivity contribution in [2.24, 2.45) is 11.7 Å². The van der Waals surface area contributed by atoms with Gasteiger partial charge in [-0.05, 0) is 72.0 Å². The Labute approximate surface area is 122 Å². The molecule has 0 aromatic rings. The lowest BCUT2D eigenvalue weighted by molar-refractivity contribution is 0.268. The van der Waals surface area contributed by atoms with Gasteiger partial charge in [0.05, 0.1) is 0 Å². The van der Waals surface area contributed by atoms with E-state index in [1.54, 1.807) is 0 Å². The molecule has 19 heavy (non-hydrogen) atoms. The highest BCUT2D eigenvalue weighted by atomic mass is 15.1. The third kappa shape index (κ3) is 20.4. The van der Waals surface area contributed by atoms with Gasteiger partial charge < -0.3 is 15.5 Å². The van der Waals surface area contributed by atoms with E-state index < -0.39 is 0 Å². The van der Waals surface area contributed by atoms with Gasteiger partial charge in [-0.25, -0.2) is 0 Å². The van der Waals surface area contributed by atoms with Crippen LogP contribution in [0.1, 0.15) is 53.4 Å². The fraction of sp³-hybridized carbons (Fsp3) is 1.00. The van der Waals surface area contributed by atoms with Gasteiger partial charge in [0.25, 0.3) is 0 Å². The Morgan fingerprint density at radius 1 is 0.895 bits per heavy atom. The molecule has 0 saturated carbocycles. The van der Waals surface area contributed by atoms with E-state index in [2.05, 4.69) is 51.6 Å². The summed E-state index contributed by atoms with van der Waals surface area (Å²) < 4.78 is 0. The molecule has 0 unspecified atom stereocenters. The van der Waals surface area contributed by atoms with Crippen molar-refractivity contribution in [3.63, 3.8) is 0 Å². The van der Waals surface area contributed by atoms with E-state index in [9.17, 15) is 0 Å². The molecule has 0 radical (unpaired) electrons. The fourth-order valence-electron chi connectivity index (χ4n) is 2.08. The van der Waals surface area contributed by atoms with E-state index in [1.165, 1.54) is 45.4 Å². The summed E-state index contributed by atoms with van der Waals surface area (Å²) in [6.45, 7) is 14.6. The number of nitrogens with two attached hydrogens (primary N) is 1. The predicted octanol–water partition coefficient (Wildman–Crippen LogP) is 3.05. The minimum absolute atomic E-state index is 0.801. The fourth-order valence-corrected chi connectivity index (χ4v) is 2.08. The average molecular weight is 274 g/mol. The number of unbranched alkanes of at least 4 members (excludes halogenated alkanes) is 1. The Balaban J connectivity index is 0. The molecule has 0 aromatic heterocycles. The SMILES string of the molecule is CC(C)CN(C)C.CCCCN(CCC)CCCN. The van der Waals surface area contributed by atoms with Crippen LogP contribution in [-0.2, 0) is 0 Å². The van der Waals surface area contributed by atoms with Gasteiger partial charge >= 0.3 is 0 Å². The first-order chi connectivity index (χ1) is 8.97. The van der Waals surface area contributed by atoms with E-state index in [0.717, 1.165) is 18.9 Å². The topological polar surface area (TPSA) is 32.5 Å². The van der Waals surface area contributed by atoms with Crippen LogP contribution in [-0.4, -0.2) is 56.6 Å². The van der Waals surface area contributed by atoms with E-state index in [-0.39, 0.29) is 0 Å². The monoisotopic (exact) mass is 273 g/mol. The molecular weight excluding hydrogens is 234 g/mol. The second kappa shape index (κ2) is 15.9. The van der Waals surface area contributed by atoms with E-state index >= 15 is 0 Å². The summed E-state index contributed by atoms with van der Waals surface area (Å²) in [6.07, 6.45) is 5.02. The molecule has 0 aromatic carbocycles. The van der Waals surface area contributed by atoms with Gasteiger partial charge in [0.15, 0.2) is 0 Å². The standard InChI is InChI=1S/C10H24N2.C6H15N/c1-3-5-9-12(8-4-2)10-6-7-11;1-6(2)5-7(3)4/h3-11H2,1-2H3;6H,5H2,1-4H3. The number of hydrogen-bond donors (Lipinski definition) is 1. The molecule has 0 fully saturated rings. The molecule has 0 aliphatic heterocycles. The lowest BCUT2D eigenvalue weighted by atomic mass is 10.2. The van der Waals surface area contributed by atoms with Gasteiger partial charge in [-0.3, -0.25) is 0 Å². The smallest absolute Gasteiger partial charge is 0.000172 e. The first-order valence-corrected chi connectivity index (χ1v) is 8.04. The van der Waals surface area contributed by atoms with Gasteiger partial charge in [-0.15, -0.1) is 0 Å². The van der Waals surface area contributed by atoms with Crippen molar-refractivity contribution in [1.29, 1.82) is 0 Å². The number of rotatable bonds is 10. The maximum Gasteiger partial charge on any atom is -0.000172 e. The van der Waals surface area contributed by atoms with Gasteiger partial charge in [0.1, 0.15) is 0 Å². The van der Waals surface area contributed by atoms with Crippen LogP contribution in [0.5, 0.6) is 0 Å². The Bertz CT molecular complexity index is 144. The molecule has 0 spiro atoms. The summed E-state index contributed by atoms with van der Waals surface area (Å²) in [5, 5.41) is 0. The Morgan fingerprint density at radius 3 is 1.79 bits per heavy atom. The molecule has 3 heteroatoms. The van der Waals surface area contributed by atoms with Crippen molar-refractivity contribution in [2.45, 2.75) is 53.4 Å². The molecule has 0 aliphatic rings. The van der Waals surface area contributed by atoms with Crippen molar-refractivity contribution >= 4 is 0 Å². The van der Waals surface area contributed by atoms with Crippen LogP contribution in [0, 0.1) is 5.92 Å². The summed E-state index contributed by atoms with van der Waals surface area (Å²) >= 11 is 0.